The highest BCUT2D eigenvalue weighted by Crippen LogP contribution is 2.27. The van der Waals surface area contributed by atoms with Gasteiger partial charge in [0.1, 0.15) is 6.33 Å². The van der Waals surface area contributed by atoms with Gasteiger partial charge in [0.15, 0.2) is 5.43 Å². The molecule has 1 aromatic carbocycles. The zero-order chi connectivity index (χ0) is 15.5. The highest BCUT2D eigenvalue weighted by molar-refractivity contribution is 6.30. The molecule has 0 bridgehead atoms. The van der Waals surface area contributed by atoms with Crippen LogP contribution in [0.5, 0.6) is 5.88 Å². The van der Waals surface area contributed by atoms with E-state index in [2.05, 4.69) is 9.97 Å². The van der Waals surface area contributed by atoms with Gasteiger partial charge in [0.2, 0.25) is 5.88 Å². The minimum Gasteiger partial charge on any atom is -0.494 e. The van der Waals surface area contributed by atoms with E-state index in [9.17, 15) is 9.90 Å². The topological polar surface area (TPSA) is 68.0 Å². The Kier molecular flexibility index (Phi) is 3.89. The van der Waals surface area contributed by atoms with Crippen molar-refractivity contribution in [1.82, 2.24) is 14.5 Å². The first-order chi connectivity index (χ1) is 10.6. The predicted molar refractivity (Wildman–Crippen MR) is 83.9 cm³/mol. The van der Waals surface area contributed by atoms with Crippen LogP contribution in [0.2, 0.25) is 5.02 Å². The molecule has 0 unspecified atom stereocenters. The van der Waals surface area contributed by atoms with Crippen LogP contribution < -0.4 is 5.43 Å². The number of benzene rings is 1. The Hall–Kier alpha value is -2.66. The molecule has 0 spiro atoms. The Labute approximate surface area is 131 Å². The molecule has 2 aromatic heterocycles. The quantitative estimate of drug-likeness (QED) is 0.807. The fraction of sp³-hybridized carbons (Fsp3) is 0.0625. The van der Waals surface area contributed by atoms with Crippen LogP contribution in [-0.2, 0) is 6.54 Å². The number of halogens is 1. The summed E-state index contributed by atoms with van der Waals surface area (Å²) in [5, 5.41) is 11.0. The highest BCUT2D eigenvalue weighted by Gasteiger charge is 2.13. The van der Waals surface area contributed by atoms with Gasteiger partial charge in [-0.25, -0.2) is 9.97 Å². The molecule has 0 fully saturated rings. The third-order valence-electron chi connectivity index (χ3n) is 3.23. The summed E-state index contributed by atoms with van der Waals surface area (Å²) in [5.41, 5.74) is 1.36. The van der Waals surface area contributed by atoms with Gasteiger partial charge in [0.05, 0.1) is 12.1 Å². The number of rotatable bonds is 3. The molecular weight excluding hydrogens is 302 g/mol. The first-order valence-electron chi connectivity index (χ1n) is 6.57. The van der Waals surface area contributed by atoms with Gasteiger partial charge in [-0.2, -0.15) is 0 Å². The molecule has 0 aliphatic carbocycles. The van der Waals surface area contributed by atoms with Crippen LogP contribution in [-0.4, -0.2) is 19.6 Å². The molecule has 1 N–H and O–H groups in total. The lowest BCUT2D eigenvalue weighted by molar-refractivity contribution is 0.420. The summed E-state index contributed by atoms with van der Waals surface area (Å²) in [5.74, 6) is -0.112. The van der Waals surface area contributed by atoms with E-state index in [4.69, 9.17) is 11.6 Å². The van der Waals surface area contributed by atoms with E-state index in [1.54, 1.807) is 47.4 Å². The van der Waals surface area contributed by atoms with Gasteiger partial charge in [-0.1, -0.05) is 23.7 Å². The minimum atomic E-state index is -0.264. The molecule has 3 aromatic rings. The standard InChI is InChI=1S/C16H12ClN3O2/c17-13-3-1-2-12(6-13)15-14(21)4-5-20(16(15)22)9-11-7-18-10-19-8-11/h1-8,10,22H,9H2. The van der Waals surface area contributed by atoms with Crippen molar-refractivity contribution in [1.29, 1.82) is 0 Å². The van der Waals surface area contributed by atoms with Gasteiger partial charge in [-0.3, -0.25) is 4.79 Å². The van der Waals surface area contributed by atoms with Gasteiger partial charge >= 0.3 is 0 Å². The molecule has 5 nitrogen and oxygen atoms in total. The van der Waals surface area contributed by atoms with E-state index in [-0.39, 0.29) is 16.9 Å². The fourth-order valence-electron chi connectivity index (χ4n) is 2.22. The molecule has 0 aliphatic rings. The van der Waals surface area contributed by atoms with Crippen LogP contribution in [0.25, 0.3) is 11.1 Å². The third-order valence-corrected chi connectivity index (χ3v) is 3.46. The zero-order valence-electron chi connectivity index (χ0n) is 11.5. The smallest absolute Gasteiger partial charge is 0.203 e. The average molecular weight is 314 g/mol. The van der Waals surface area contributed by atoms with E-state index in [1.165, 1.54) is 12.4 Å². The molecule has 6 heteroatoms. The van der Waals surface area contributed by atoms with Gasteiger partial charge in [-0.15, -0.1) is 0 Å². The molecule has 0 saturated heterocycles. The summed E-state index contributed by atoms with van der Waals surface area (Å²) in [7, 11) is 0. The predicted octanol–water partition coefficient (Wildman–Crippen LogP) is 2.71. The molecule has 0 saturated carbocycles. The van der Waals surface area contributed by atoms with Crippen molar-refractivity contribution in [2.24, 2.45) is 0 Å². The molecule has 0 radical (unpaired) electrons. The van der Waals surface area contributed by atoms with Crippen molar-refractivity contribution in [3.8, 4) is 17.0 Å². The fourth-order valence-corrected chi connectivity index (χ4v) is 2.41. The van der Waals surface area contributed by atoms with E-state index >= 15 is 0 Å². The average Bonchev–Trinajstić information content (AvgIpc) is 2.51. The first kappa shape index (κ1) is 14.3. The van der Waals surface area contributed by atoms with Crippen molar-refractivity contribution in [3.63, 3.8) is 0 Å². The number of nitrogens with zero attached hydrogens (tertiary/aromatic N) is 3. The molecule has 3 rings (SSSR count). The Balaban J connectivity index is 2.08. The summed E-state index contributed by atoms with van der Waals surface area (Å²) in [6.07, 6.45) is 6.29. The van der Waals surface area contributed by atoms with E-state index in [0.29, 0.717) is 17.1 Å². The van der Waals surface area contributed by atoms with Crippen LogP contribution in [0.15, 0.2) is 60.0 Å². The minimum absolute atomic E-state index is 0.112. The second-order valence-electron chi connectivity index (χ2n) is 4.76. The maximum atomic E-state index is 12.1. The van der Waals surface area contributed by atoms with Crippen LogP contribution in [0.3, 0.4) is 0 Å². The molecule has 110 valence electrons. The molecule has 22 heavy (non-hydrogen) atoms. The first-order valence-corrected chi connectivity index (χ1v) is 6.95. The number of aromatic hydroxyl groups is 1. The third kappa shape index (κ3) is 2.84. The summed E-state index contributed by atoms with van der Waals surface area (Å²) in [6, 6.07) is 8.25. The zero-order valence-corrected chi connectivity index (χ0v) is 12.2. The van der Waals surface area contributed by atoms with Crippen molar-refractivity contribution in [3.05, 3.63) is 76.1 Å². The van der Waals surface area contributed by atoms with Gasteiger partial charge in [-0.05, 0) is 17.7 Å². The Morgan fingerprint density at radius 2 is 1.95 bits per heavy atom. The molecule has 0 atom stereocenters. The van der Waals surface area contributed by atoms with Crippen LogP contribution in [0, 0.1) is 0 Å². The summed E-state index contributed by atoms with van der Waals surface area (Å²) in [6.45, 7) is 0.362. The second kappa shape index (κ2) is 5.99. The summed E-state index contributed by atoms with van der Waals surface area (Å²) in [4.78, 5) is 20.0. The number of hydrogen-bond acceptors (Lipinski definition) is 4. The second-order valence-corrected chi connectivity index (χ2v) is 5.20. The van der Waals surface area contributed by atoms with Crippen LogP contribution in [0.4, 0.5) is 0 Å². The van der Waals surface area contributed by atoms with Crippen molar-refractivity contribution in [2.45, 2.75) is 6.54 Å². The van der Waals surface area contributed by atoms with Crippen molar-refractivity contribution < 1.29 is 5.11 Å². The maximum absolute atomic E-state index is 12.1. The van der Waals surface area contributed by atoms with Gasteiger partial charge in [0, 0.05) is 35.2 Å². The molecule has 2 heterocycles. The van der Waals surface area contributed by atoms with Crippen LogP contribution >= 0.6 is 11.6 Å². The maximum Gasteiger partial charge on any atom is 0.203 e. The largest absolute Gasteiger partial charge is 0.494 e. The lowest BCUT2D eigenvalue weighted by Gasteiger charge is -2.12. The molecular formula is C16H12ClN3O2. The molecule has 0 amide bonds. The van der Waals surface area contributed by atoms with Gasteiger partial charge < -0.3 is 9.67 Å². The van der Waals surface area contributed by atoms with Crippen LogP contribution in [0.1, 0.15) is 5.56 Å². The molecule has 0 aliphatic heterocycles. The Morgan fingerprint density at radius 1 is 1.18 bits per heavy atom. The highest BCUT2D eigenvalue weighted by atomic mass is 35.5. The number of aromatic nitrogens is 3. The van der Waals surface area contributed by atoms with E-state index in [0.717, 1.165) is 5.56 Å². The lowest BCUT2D eigenvalue weighted by Crippen LogP contribution is -2.11. The van der Waals surface area contributed by atoms with Crippen molar-refractivity contribution in [2.75, 3.05) is 0 Å². The van der Waals surface area contributed by atoms with Gasteiger partial charge in [0.25, 0.3) is 0 Å². The van der Waals surface area contributed by atoms with E-state index < -0.39 is 0 Å². The van der Waals surface area contributed by atoms with Crippen molar-refractivity contribution >= 4 is 11.6 Å². The van der Waals surface area contributed by atoms with E-state index in [1.807, 2.05) is 0 Å². The monoisotopic (exact) mass is 313 g/mol. The number of hydrogen-bond donors (Lipinski definition) is 1. The Bertz CT molecular complexity index is 863. The normalized spacial score (nSPS) is 10.6. The Morgan fingerprint density at radius 3 is 2.68 bits per heavy atom. The summed E-state index contributed by atoms with van der Waals surface area (Å²) < 4.78 is 1.57. The number of pyridine rings is 1. The summed E-state index contributed by atoms with van der Waals surface area (Å²) >= 11 is 5.96. The SMILES string of the molecule is O=c1ccn(Cc2cncnc2)c(O)c1-c1cccc(Cl)c1. The lowest BCUT2D eigenvalue weighted by atomic mass is 10.1.